The van der Waals surface area contributed by atoms with E-state index in [0.717, 1.165) is 31.2 Å². The third-order valence-corrected chi connectivity index (χ3v) is 4.85. The van der Waals surface area contributed by atoms with Gasteiger partial charge >= 0.3 is 6.09 Å². The molecule has 144 valence electrons. The van der Waals surface area contributed by atoms with Crippen LogP contribution in [0.15, 0.2) is 60.7 Å². The standard InChI is InChI=1S/C22H27NO4/c24-21(17-26-19-12-6-2-7-13-19)20-14-8-3-9-15-23(20)22(25)27-16-18-10-4-1-5-11-18/h1-2,4-7,10-13,20-21,24H,3,8-9,14-17H2. The van der Waals surface area contributed by atoms with Crippen molar-refractivity contribution in [2.24, 2.45) is 0 Å². The van der Waals surface area contributed by atoms with Gasteiger partial charge in [0, 0.05) is 6.54 Å². The maximum absolute atomic E-state index is 12.7. The zero-order valence-corrected chi connectivity index (χ0v) is 15.5. The number of ether oxygens (including phenoxy) is 2. The van der Waals surface area contributed by atoms with Gasteiger partial charge in [-0.2, -0.15) is 0 Å². The topological polar surface area (TPSA) is 59.0 Å². The van der Waals surface area contributed by atoms with E-state index in [1.165, 1.54) is 0 Å². The number of rotatable bonds is 6. The smallest absolute Gasteiger partial charge is 0.410 e. The van der Waals surface area contributed by atoms with Gasteiger partial charge in [0.05, 0.1) is 6.04 Å². The minimum absolute atomic E-state index is 0.150. The molecule has 27 heavy (non-hydrogen) atoms. The maximum atomic E-state index is 12.7. The number of para-hydroxylation sites is 1. The first-order valence-corrected chi connectivity index (χ1v) is 9.57. The Morgan fingerprint density at radius 3 is 2.48 bits per heavy atom. The highest BCUT2D eigenvalue weighted by molar-refractivity contribution is 5.68. The summed E-state index contributed by atoms with van der Waals surface area (Å²) in [5, 5.41) is 10.7. The van der Waals surface area contributed by atoms with Crippen LogP contribution in [0.4, 0.5) is 4.79 Å². The third kappa shape index (κ3) is 5.73. The predicted molar refractivity (Wildman–Crippen MR) is 104 cm³/mol. The van der Waals surface area contributed by atoms with Gasteiger partial charge in [0.1, 0.15) is 25.1 Å². The highest BCUT2D eigenvalue weighted by Gasteiger charge is 2.32. The van der Waals surface area contributed by atoms with Crippen LogP contribution in [-0.4, -0.2) is 41.4 Å². The average molecular weight is 369 g/mol. The van der Waals surface area contributed by atoms with Gasteiger partial charge in [-0.3, -0.25) is 0 Å². The first kappa shape index (κ1) is 19.2. The molecule has 0 bridgehead atoms. The second-order valence-electron chi connectivity index (χ2n) is 6.84. The van der Waals surface area contributed by atoms with Gasteiger partial charge in [0.15, 0.2) is 0 Å². The van der Waals surface area contributed by atoms with Crippen molar-refractivity contribution in [3.8, 4) is 5.75 Å². The van der Waals surface area contributed by atoms with Crippen LogP contribution in [0.3, 0.4) is 0 Å². The van der Waals surface area contributed by atoms with Crippen LogP contribution < -0.4 is 4.74 Å². The van der Waals surface area contributed by atoms with Crippen LogP contribution in [0.1, 0.15) is 31.2 Å². The van der Waals surface area contributed by atoms with E-state index in [9.17, 15) is 9.90 Å². The van der Waals surface area contributed by atoms with Crippen LogP contribution in [0.25, 0.3) is 0 Å². The van der Waals surface area contributed by atoms with Crippen molar-refractivity contribution in [3.05, 3.63) is 66.2 Å². The molecule has 2 aromatic carbocycles. The summed E-state index contributed by atoms with van der Waals surface area (Å²) in [6.45, 7) is 0.983. The van der Waals surface area contributed by atoms with Crippen LogP contribution >= 0.6 is 0 Å². The molecule has 1 saturated heterocycles. The van der Waals surface area contributed by atoms with E-state index in [0.29, 0.717) is 12.3 Å². The molecule has 1 amide bonds. The first-order chi connectivity index (χ1) is 13.2. The molecular formula is C22H27NO4. The van der Waals surface area contributed by atoms with E-state index in [1.807, 2.05) is 60.7 Å². The van der Waals surface area contributed by atoms with E-state index in [-0.39, 0.29) is 25.3 Å². The molecule has 0 aliphatic carbocycles. The molecule has 1 fully saturated rings. The Kier molecular flexibility index (Phi) is 7.11. The predicted octanol–water partition coefficient (Wildman–Crippen LogP) is 4.01. The van der Waals surface area contributed by atoms with Crippen molar-refractivity contribution < 1.29 is 19.4 Å². The van der Waals surface area contributed by atoms with Crippen LogP contribution in [0.2, 0.25) is 0 Å². The maximum Gasteiger partial charge on any atom is 0.410 e. The lowest BCUT2D eigenvalue weighted by Gasteiger charge is -2.32. The molecule has 2 aromatic rings. The zero-order valence-electron chi connectivity index (χ0n) is 15.5. The molecule has 1 N–H and O–H groups in total. The van der Waals surface area contributed by atoms with Gasteiger partial charge in [0.25, 0.3) is 0 Å². The fourth-order valence-corrected chi connectivity index (χ4v) is 3.37. The lowest BCUT2D eigenvalue weighted by Crippen LogP contribution is -2.48. The van der Waals surface area contributed by atoms with E-state index >= 15 is 0 Å². The summed E-state index contributed by atoms with van der Waals surface area (Å²) in [4.78, 5) is 14.3. The molecule has 3 rings (SSSR count). The Balaban J connectivity index is 1.59. The quantitative estimate of drug-likeness (QED) is 0.836. The fraction of sp³-hybridized carbons (Fsp3) is 0.409. The highest BCUT2D eigenvalue weighted by atomic mass is 16.6. The number of hydrogen-bond donors (Lipinski definition) is 1. The largest absolute Gasteiger partial charge is 0.491 e. The SMILES string of the molecule is O=C(OCc1ccccc1)N1CCCCCC1C(O)COc1ccccc1. The Morgan fingerprint density at radius 1 is 1.04 bits per heavy atom. The number of benzene rings is 2. The number of aliphatic hydroxyl groups is 1. The minimum atomic E-state index is -0.757. The summed E-state index contributed by atoms with van der Waals surface area (Å²) in [6, 6.07) is 18.7. The van der Waals surface area contributed by atoms with Crippen molar-refractivity contribution in [1.82, 2.24) is 4.90 Å². The Labute approximate surface area is 160 Å². The summed E-state index contributed by atoms with van der Waals surface area (Å²) in [6.07, 6.45) is 2.57. The molecule has 1 heterocycles. The number of likely N-dealkylation sites (tertiary alicyclic amines) is 1. The number of nitrogens with zero attached hydrogens (tertiary/aromatic N) is 1. The second kappa shape index (κ2) is 9.97. The monoisotopic (exact) mass is 369 g/mol. The van der Waals surface area contributed by atoms with Crippen LogP contribution in [0.5, 0.6) is 5.75 Å². The van der Waals surface area contributed by atoms with Crippen molar-refractivity contribution in [3.63, 3.8) is 0 Å². The first-order valence-electron chi connectivity index (χ1n) is 9.57. The van der Waals surface area contributed by atoms with E-state index in [4.69, 9.17) is 9.47 Å². The van der Waals surface area contributed by atoms with Crippen LogP contribution in [0, 0.1) is 0 Å². The molecule has 1 aliphatic heterocycles. The summed E-state index contributed by atoms with van der Waals surface area (Å²) in [5.41, 5.74) is 0.949. The Bertz CT molecular complexity index is 692. The van der Waals surface area contributed by atoms with Gasteiger partial charge < -0.3 is 19.5 Å². The van der Waals surface area contributed by atoms with E-state index in [2.05, 4.69) is 0 Å². The Morgan fingerprint density at radius 2 is 1.74 bits per heavy atom. The van der Waals surface area contributed by atoms with Gasteiger partial charge in [0.2, 0.25) is 0 Å². The minimum Gasteiger partial charge on any atom is -0.491 e. The van der Waals surface area contributed by atoms with E-state index < -0.39 is 6.10 Å². The summed E-state index contributed by atoms with van der Waals surface area (Å²) < 4.78 is 11.2. The van der Waals surface area contributed by atoms with Crippen molar-refractivity contribution in [1.29, 1.82) is 0 Å². The molecule has 1 aliphatic rings. The van der Waals surface area contributed by atoms with Crippen molar-refractivity contribution >= 4 is 6.09 Å². The molecule has 2 unspecified atom stereocenters. The van der Waals surface area contributed by atoms with Gasteiger partial charge in [-0.05, 0) is 30.5 Å². The Hall–Kier alpha value is -2.53. The van der Waals surface area contributed by atoms with Gasteiger partial charge in [-0.15, -0.1) is 0 Å². The molecule has 5 nitrogen and oxygen atoms in total. The lowest BCUT2D eigenvalue weighted by molar-refractivity contribution is 0.0104. The number of aliphatic hydroxyl groups excluding tert-OH is 1. The molecule has 0 spiro atoms. The summed E-state index contributed by atoms with van der Waals surface area (Å²) in [5.74, 6) is 0.711. The number of amides is 1. The summed E-state index contributed by atoms with van der Waals surface area (Å²) >= 11 is 0. The normalized spacial score (nSPS) is 18.4. The number of hydrogen-bond acceptors (Lipinski definition) is 4. The summed E-state index contributed by atoms with van der Waals surface area (Å²) in [7, 11) is 0. The molecule has 0 aromatic heterocycles. The van der Waals surface area contributed by atoms with Crippen molar-refractivity contribution in [2.75, 3.05) is 13.2 Å². The molecule has 2 atom stereocenters. The molecule has 0 radical (unpaired) electrons. The number of carbonyl (C=O) groups is 1. The molecular weight excluding hydrogens is 342 g/mol. The third-order valence-electron chi connectivity index (χ3n) is 4.85. The van der Waals surface area contributed by atoms with Crippen LogP contribution in [-0.2, 0) is 11.3 Å². The fourth-order valence-electron chi connectivity index (χ4n) is 3.37. The van der Waals surface area contributed by atoms with Gasteiger partial charge in [-0.25, -0.2) is 4.79 Å². The zero-order chi connectivity index (χ0) is 18.9. The molecule has 0 saturated carbocycles. The second-order valence-corrected chi connectivity index (χ2v) is 6.84. The van der Waals surface area contributed by atoms with Gasteiger partial charge in [-0.1, -0.05) is 61.4 Å². The van der Waals surface area contributed by atoms with Crippen molar-refractivity contribution in [2.45, 2.75) is 44.4 Å². The number of carbonyl (C=O) groups excluding carboxylic acids is 1. The van der Waals surface area contributed by atoms with E-state index in [1.54, 1.807) is 4.90 Å². The average Bonchev–Trinajstić information content (AvgIpc) is 2.98. The highest BCUT2D eigenvalue weighted by Crippen LogP contribution is 2.22. The molecule has 5 heteroatoms. The lowest BCUT2D eigenvalue weighted by atomic mass is 10.0.